The van der Waals surface area contributed by atoms with E-state index in [0.717, 1.165) is 18.6 Å². The Morgan fingerprint density at radius 2 is 2.10 bits per heavy atom. The van der Waals surface area contributed by atoms with Crippen LogP contribution in [0.15, 0.2) is 4.99 Å². The van der Waals surface area contributed by atoms with Crippen molar-refractivity contribution in [1.82, 2.24) is 0 Å². The van der Waals surface area contributed by atoms with Crippen molar-refractivity contribution in [2.45, 2.75) is 39.7 Å². The number of aliphatic hydroxyl groups is 1. The van der Waals surface area contributed by atoms with Crippen LogP contribution in [0.25, 0.3) is 0 Å². The molecule has 0 aliphatic carbocycles. The summed E-state index contributed by atoms with van der Waals surface area (Å²) in [6, 6.07) is 0.125. The quantitative estimate of drug-likeness (QED) is 0.596. The highest BCUT2D eigenvalue weighted by molar-refractivity contribution is 5.81. The molecular formula is C8H17NO. The zero-order valence-corrected chi connectivity index (χ0v) is 7.09. The van der Waals surface area contributed by atoms with E-state index in [-0.39, 0.29) is 12.6 Å². The molecule has 10 heavy (non-hydrogen) atoms. The SMILES string of the molecule is CCC(C)=NC(CC)CO. The van der Waals surface area contributed by atoms with Gasteiger partial charge in [-0.2, -0.15) is 0 Å². The van der Waals surface area contributed by atoms with Gasteiger partial charge in [-0.25, -0.2) is 0 Å². The Bertz CT molecular complexity index is 106. The van der Waals surface area contributed by atoms with Gasteiger partial charge in [0.05, 0.1) is 12.6 Å². The Labute approximate surface area is 63.0 Å². The average Bonchev–Trinajstić information content (AvgIpc) is 1.99. The smallest absolute Gasteiger partial charge is 0.0726 e. The van der Waals surface area contributed by atoms with Gasteiger partial charge in [0.2, 0.25) is 0 Å². The number of hydrogen-bond acceptors (Lipinski definition) is 2. The van der Waals surface area contributed by atoms with Crippen LogP contribution in [0.2, 0.25) is 0 Å². The summed E-state index contributed by atoms with van der Waals surface area (Å²) in [4.78, 5) is 4.30. The molecule has 0 aromatic heterocycles. The molecule has 2 heteroatoms. The van der Waals surface area contributed by atoms with E-state index < -0.39 is 0 Å². The van der Waals surface area contributed by atoms with E-state index in [1.54, 1.807) is 0 Å². The molecule has 0 saturated heterocycles. The van der Waals surface area contributed by atoms with Crippen molar-refractivity contribution in [3.05, 3.63) is 0 Å². The van der Waals surface area contributed by atoms with Crippen LogP contribution in [0.4, 0.5) is 0 Å². The molecule has 2 nitrogen and oxygen atoms in total. The normalized spacial score (nSPS) is 15.4. The van der Waals surface area contributed by atoms with Crippen molar-refractivity contribution >= 4 is 5.71 Å². The fourth-order valence-corrected chi connectivity index (χ4v) is 0.664. The minimum Gasteiger partial charge on any atom is -0.394 e. The van der Waals surface area contributed by atoms with Crippen molar-refractivity contribution < 1.29 is 5.11 Å². The molecule has 0 rings (SSSR count). The van der Waals surface area contributed by atoms with Crippen LogP contribution in [0.5, 0.6) is 0 Å². The lowest BCUT2D eigenvalue weighted by molar-refractivity contribution is 0.264. The summed E-state index contributed by atoms with van der Waals surface area (Å²) < 4.78 is 0. The van der Waals surface area contributed by atoms with Crippen LogP contribution >= 0.6 is 0 Å². The Morgan fingerprint density at radius 1 is 1.50 bits per heavy atom. The maximum Gasteiger partial charge on any atom is 0.0726 e. The summed E-state index contributed by atoms with van der Waals surface area (Å²) in [7, 11) is 0. The molecule has 0 radical (unpaired) electrons. The lowest BCUT2D eigenvalue weighted by Gasteiger charge is -2.06. The number of hydrogen-bond donors (Lipinski definition) is 1. The topological polar surface area (TPSA) is 32.6 Å². The molecule has 0 bridgehead atoms. The number of nitrogens with zero attached hydrogens (tertiary/aromatic N) is 1. The fraction of sp³-hybridized carbons (Fsp3) is 0.875. The van der Waals surface area contributed by atoms with Gasteiger partial charge in [0.25, 0.3) is 0 Å². The third-order valence-corrected chi connectivity index (χ3v) is 1.60. The molecule has 0 amide bonds. The second kappa shape index (κ2) is 5.42. The van der Waals surface area contributed by atoms with E-state index in [0.29, 0.717) is 0 Å². The summed E-state index contributed by atoms with van der Waals surface area (Å²) in [5.41, 5.74) is 1.13. The number of aliphatic hydroxyl groups excluding tert-OH is 1. The van der Waals surface area contributed by atoms with Crippen LogP contribution < -0.4 is 0 Å². The minimum atomic E-state index is 0.125. The fourth-order valence-electron chi connectivity index (χ4n) is 0.664. The molecule has 1 unspecified atom stereocenters. The molecule has 0 fully saturated rings. The van der Waals surface area contributed by atoms with Gasteiger partial charge in [-0.1, -0.05) is 13.8 Å². The highest BCUT2D eigenvalue weighted by atomic mass is 16.3. The highest BCUT2D eigenvalue weighted by Crippen LogP contribution is 1.97. The molecule has 0 saturated carbocycles. The molecule has 0 aromatic carbocycles. The van der Waals surface area contributed by atoms with Crippen LogP contribution in [-0.4, -0.2) is 23.5 Å². The third kappa shape index (κ3) is 3.62. The van der Waals surface area contributed by atoms with Gasteiger partial charge in [0, 0.05) is 5.71 Å². The summed E-state index contributed by atoms with van der Waals surface area (Å²) >= 11 is 0. The van der Waals surface area contributed by atoms with Gasteiger partial charge >= 0.3 is 0 Å². The summed E-state index contributed by atoms with van der Waals surface area (Å²) in [5, 5.41) is 8.76. The summed E-state index contributed by atoms with van der Waals surface area (Å²) in [6.07, 6.45) is 1.91. The van der Waals surface area contributed by atoms with Crippen molar-refractivity contribution in [3.63, 3.8) is 0 Å². The predicted molar refractivity (Wildman–Crippen MR) is 44.6 cm³/mol. The van der Waals surface area contributed by atoms with Gasteiger partial charge in [-0.15, -0.1) is 0 Å². The van der Waals surface area contributed by atoms with E-state index in [4.69, 9.17) is 5.11 Å². The monoisotopic (exact) mass is 143 g/mol. The zero-order chi connectivity index (χ0) is 7.98. The van der Waals surface area contributed by atoms with Crippen molar-refractivity contribution in [2.24, 2.45) is 4.99 Å². The molecule has 0 aliphatic heterocycles. The second-order valence-electron chi connectivity index (χ2n) is 2.46. The molecule has 1 N–H and O–H groups in total. The van der Waals surface area contributed by atoms with Gasteiger partial charge in [0.15, 0.2) is 0 Å². The Kier molecular flexibility index (Phi) is 5.22. The van der Waals surface area contributed by atoms with E-state index in [9.17, 15) is 0 Å². The number of aliphatic imine (C=N–C) groups is 1. The first-order chi connectivity index (χ1) is 4.74. The Morgan fingerprint density at radius 3 is 2.40 bits per heavy atom. The standard InChI is InChI=1S/C8H17NO/c1-4-7(3)9-8(5-2)6-10/h8,10H,4-6H2,1-3H3. The Hall–Kier alpha value is -0.370. The van der Waals surface area contributed by atoms with E-state index in [1.807, 2.05) is 13.8 Å². The van der Waals surface area contributed by atoms with Crippen molar-refractivity contribution in [1.29, 1.82) is 0 Å². The van der Waals surface area contributed by atoms with Crippen LogP contribution in [0, 0.1) is 0 Å². The minimum absolute atomic E-state index is 0.125. The molecule has 0 spiro atoms. The largest absolute Gasteiger partial charge is 0.394 e. The van der Waals surface area contributed by atoms with Crippen molar-refractivity contribution in [3.8, 4) is 0 Å². The molecule has 0 heterocycles. The lowest BCUT2D eigenvalue weighted by Crippen LogP contribution is -2.10. The summed E-state index contributed by atoms with van der Waals surface area (Å²) in [5.74, 6) is 0. The van der Waals surface area contributed by atoms with Gasteiger partial charge in [0.1, 0.15) is 0 Å². The van der Waals surface area contributed by atoms with Gasteiger partial charge in [-0.3, -0.25) is 4.99 Å². The molecule has 0 aliphatic rings. The van der Waals surface area contributed by atoms with Gasteiger partial charge < -0.3 is 5.11 Å². The Balaban J connectivity index is 3.80. The average molecular weight is 143 g/mol. The molecule has 1 atom stereocenters. The first-order valence-electron chi connectivity index (χ1n) is 3.88. The van der Waals surface area contributed by atoms with Crippen molar-refractivity contribution in [2.75, 3.05) is 6.61 Å². The van der Waals surface area contributed by atoms with E-state index in [2.05, 4.69) is 11.9 Å². The van der Waals surface area contributed by atoms with Crippen LogP contribution in [0.3, 0.4) is 0 Å². The molecule has 60 valence electrons. The van der Waals surface area contributed by atoms with E-state index >= 15 is 0 Å². The first kappa shape index (κ1) is 9.63. The highest BCUT2D eigenvalue weighted by Gasteiger charge is 1.99. The molecular weight excluding hydrogens is 126 g/mol. The third-order valence-electron chi connectivity index (χ3n) is 1.60. The first-order valence-corrected chi connectivity index (χ1v) is 3.88. The van der Waals surface area contributed by atoms with Crippen LogP contribution in [0.1, 0.15) is 33.6 Å². The predicted octanol–water partition coefficient (Wildman–Crippen LogP) is 1.63. The molecule has 0 aromatic rings. The lowest BCUT2D eigenvalue weighted by atomic mass is 10.2. The van der Waals surface area contributed by atoms with Crippen LogP contribution in [-0.2, 0) is 0 Å². The maximum atomic E-state index is 8.76. The van der Waals surface area contributed by atoms with E-state index in [1.165, 1.54) is 0 Å². The number of rotatable bonds is 4. The van der Waals surface area contributed by atoms with Gasteiger partial charge in [-0.05, 0) is 19.8 Å². The maximum absolute atomic E-state index is 8.76. The summed E-state index contributed by atoms with van der Waals surface area (Å²) in [6.45, 7) is 6.28. The zero-order valence-electron chi connectivity index (χ0n) is 7.09. The second-order valence-corrected chi connectivity index (χ2v) is 2.46.